The smallest absolute Gasteiger partial charge is 0.364 e. The van der Waals surface area contributed by atoms with E-state index >= 15 is 0 Å². The number of ether oxygens (including phenoxy) is 16. The molecule has 1 saturated carbocycles. The van der Waals surface area contributed by atoms with Crippen LogP contribution in [0.1, 0.15) is 47.5 Å². The second kappa shape index (κ2) is 32.0. The van der Waals surface area contributed by atoms with E-state index in [1.54, 1.807) is 0 Å². The number of ketones is 1. The van der Waals surface area contributed by atoms with E-state index in [4.69, 9.17) is 75.8 Å². The van der Waals surface area contributed by atoms with Crippen LogP contribution in [0.2, 0.25) is 0 Å². The van der Waals surface area contributed by atoms with Gasteiger partial charge < -0.3 is 157 Å². The maximum absolute atomic E-state index is 12.8. The van der Waals surface area contributed by atoms with Gasteiger partial charge in [-0.15, -0.1) is 0 Å². The van der Waals surface area contributed by atoms with Crippen LogP contribution in [0.3, 0.4) is 0 Å². The van der Waals surface area contributed by atoms with Crippen molar-refractivity contribution < 1.29 is 172 Å². The van der Waals surface area contributed by atoms with Gasteiger partial charge in [-0.1, -0.05) is 11.8 Å². The lowest BCUT2D eigenvalue weighted by atomic mass is 9.98. The van der Waals surface area contributed by atoms with Crippen LogP contribution in [0.25, 0.3) is 0 Å². The second-order valence-corrected chi connectivity index (χ2v) is 21.9. The molecule has 0 amide bonds. The van der Waals surface area contributed by atoms with Gasteiger partial charge in [0, 0.05) is 31.4 Å². The van der Waals surface area contributed by atoms with E-state index in [2.05, 4.69) is 0 Å². The molecule has 16 N–H and O–H groups in total. The minimum atomic E-state index is -2.57. The van der Waals surface area contributed by atoms with Gasteiger partial charge >= 0.3 is 11.9 Å². The summed E-state index contributed by atoms with van der Waals surface area (Å²) in [4.78, 5) is 37.1. The van der Waals surface area contributed by atoms with E-state index in [0.717, 1.165) is 18.7 Å². The zero-order valence-corrected chi connectivity index (χ0v) is 47.0. The van der Waals surface area contributed by atoms with Crippen LogP contribution >= 0.6 is 11.8 Å². The summed E-state index contributed by atoms with van der Waals surface area (Å²) >= 11 is 0.914. The summed E-state index contributed by atoms with van der Waals surface area (Å²) in [6, 6.07) is 0. The Morgan fingerprint density at radius 2 is 1.37 bits per heavy atom. The van der Waals surface area contributed by atoms with Gasteiger partial charge in [-0.2, -0.15) is 0 Å². The van der Waals surface area contributed by atoms with Gasteiger partial charge in [-0.3, -0.25) is 4.79 Å². The van der Waals surface area contributed by atoms with Crippen molar-refractivity contribution in [3.05, 3.63) is 0 Å². The molecule has 35 nitrogen and oxygen atoms in total. The molecule has 0 aromatic carbocycles. The van der Waals surface area contributed by atoms with Crippen molar-refractivity contribution in [1.29, 1.82) is 0 Å². The topological polar surface area (TPSA) is 523 Å². The molecule has 19 unspecified atom stereocenters. The molecule has 0 aromatic heterocycles. The molecule has 1 aliphatic carbocycles. The molecular formula is C48H80O35S. The van der Waals surface area contributed by atoms with Crippen LogP contribution in [0.4, 0.5) is 0 Å². The number of thioether (sulfide) groups is 1. The Kier molecular flexibility index (Phi) is 27.0. The molecule has 0 aromatic rings. The number of carbonyl (C=O) groups excluding carboxylic acids is 1. The first kappa shape index (κ1) is 70.8. The summed E-state index contributed by atoms with van der Waals surface area (Å²) in [5, 5.41) is 166. The highest BCUT2D eigenvalue weighted by Crippen LogP contribution is 2.38. The predicted molar refractivity (Wildman–Crippen MR) is 265 cm³/mol. The summed E-state index contributed by atoms with van der Waals surface area (Å²) < 4.78 is 91.0. The van der Waals surface area contributed by atoms with E-state index in [-0.39, 0.29) is 18.8 Å². The van der Waals surface area contributed by atoms with E-state index in [0.29, 0.717) is 0 Å². The maximum Gasteiger partial charge on any atom is 0.364 e. The Morgan fingerprint density at radius 1 is 0.690 bits per heavy atom. The Labute approximate surface area is 483 Å². The number of carboxylic acids is 2. The molecule has 84 heavy (non-hydrogen) atoms. The number of fused-ring (bicyclic) bond motifs is 1. The summed E-state index contributed by atoms with van der Waals surface area (Å²) in [5.74, 6) is -6.37. The van der Waals surface area contributed by atoms with Crippen molar-refractivity contribution >= 4 is 29.5 Å². The first-order chi connectivity index (χ1) is 39.6. The molecule has 6 rings (SSSR count). The van der Waals surface area contributed by atoms with Crippen molar-refractivity contribution in [2.45, 2.75) is 225 Å². The fraction of sp³-hybridized carbons (Fsp3) is 0.938. The van der Waals surface area contributed by atoms with E-state index < -0.39 is 247 Å². The standard InChI is InChI=1S/C48H80O35S/c1-16(52)37(17(2)53)80-31(14-70-44-36(61)35(60)39(40(81-44)41(62)63)82-47-77-25-13-71-48(5,46(66)67)83-27(25)15-84-47)73-19(4)24(11-68-43-34(59)21(54)6-28(56)78-43)76-45(42(64)65)69-12-26-33(58)22(55)7-29(75-26)72-18(3)23(9-50)74-30(10-51)79-38-20(8-49)32(38)57/h16,18-40,42-45,47,49-52,54-61,64-65H,6-15H2,1-5H3,(H,62,63)(H,66,67)/t16-,18-,19-,20?,21+,22+,23?,24?,25?,26?,27+,28?,29+,30-,31+,32?,33?,34?,35?,36?,37?,38?,39?,40?,43?,44?,45?,47-,48?/m0/s1. The fourth-order valence-corrected chi connectivity index (χ4v) is 10.4. The van der Waals surface area contributed by atoms with Crippen molar-refractivity contribution in [2.24, 2.45) is 5.92 Å². The number of carbonyl (C=O) groups is 3. The number of carboxylic acid groups (broad SMARTS) is 2. The van der Waals surface area contributed by atoms with E-state index in [9.17, 15) is 96.1 Å². The lowest BCUT2D eigenvalue weighted by Gasteiger charge is -2.46. The summed E-state index contributed by atoms with van der Waals surface area (Å²) in [6.07, 6.45) is -44.3. The van der Waals surface area contributed by atoms with Crippen molar-refractivity contribution in [3.8, 4) is 0 Å². The first-order valence-corrected chi connectivity index (χ1v) is 27.9. The Hall–Kier alpha value is -2.24. The molecule has 29 atom stereocenters. The molecule has 5 heterocycles. The number of aliphatic carboxylic acids is 2. The second-order valence-electron chi connectivity index (χ2n) is 20.9. The Bertz CT molecular complexity index is 2040. The van der Waals surface area contributed by atoms with Crippen molar-refractivity contribution in [1.82, 2.24) is 0 Å². The summed E-state index contributed by atoms with van der Waals surface area (Å²) in [7, 11) is 0. The zero-order chi connectivity index (χ0) is 62.1. The average Bonchev–Trinajstić information content (AvgIpc) is 3.04. The Balaban J connectivity index is 1.14. The molecule has 6 fully saturated rings. The summed E-state index contributed by atoms with van der Waals surface area (Å²) in [6.45, 7) is 1.43. The molecule has 5 saturated heterocycles. The minimum absolute atomic E-state index is 0.0702. The third-order valence-corrected chi connectivity index (χ3v) is 15.3. The molecule has 488 valence electrons. The summed E-state index contributed by atoms with van der Waals surface area (Å²) in [5.41, 5.74) is -1.33. The molecular weight excluding hydrogens is 1170 g/mol. The molecule has 0 bridgehead atoms. The van der Waals surface area contributed by atoms with Gasteiger partial charge in [0.05, 0.1) is 88.5 Å². The normalized spacial score (nSPS) is 39.7. The zero-order valence-electron chi connectivity index (χ0n) is 46.1. The highest BCUT2D eigenvalue weighted by atomic mass is 32.2. The number of Topliss-reactive ketones (excluding diaryl/α,β-unsaturated/α-hetero) is 1. The third kappa shape index (κ3) is 18.7. The monoisotopic (exact) mass is 1250 g/mol. The van der Waals surface area contributed by atoms with Crippen LogP contribution < -0.4 is 0 Å². The van der Waals surface area contributed by atoms with Crippen LogP contribution in [0.15, 0.2) is 0 Å². The maximum atomic E-state index is 12.8. The number of rotatable bonds is 33. The Morgan fingerprint density at radius 3 is 1.98 bits per heavy atom. The van der Waals surface area contributed by atoms with Crippen LogP contribution in [0, 0.1) is 5.92 Å². The highest BCUT2D eigenvalue weighted by molar-refractivity contribution is 7.99. The van der Waals surface area contributed by atoms with E-state index in [1.807, 2.05) is 0 Å². The average molecular weight is 1250 g/mol. The quantitative estimate of drug-likeness (QED) is 0.0271. The van der Waals surface area contributed by atoms with Crippen LogP contribution in [-0.4, -0.2) is 329 Å². The van der Waals surface area contributed by atoms with E-state index in [1.165, 1.54) is 27.7 Å². The lowest BCUT2D eigenvalue weighted by molar-refractivity contribution is -0.346. The van der Waals surface area contributed by atoms with Gasteiger partial charge in [0.25, 0.3) is 5.79 Å². The molecule has 0 radical (unpaired) electrons. The molecule has 0 spiro atoms. The SMILES string of the molecule is CC(=O)C(O[C@H](COC1OC(C(=O)O)C(O[C@@H]2OC3COC(C)(C(=O)O)O[C@@H]3CS2)C(O)C1O)O[C@@H](C)C(COC1OC(O)C[C@@H](O)C1O)OC(OCC1O[C@@H](O[C@@H](C)C(CO)O[C@H](CO)OC2C(O)C2CO)C[C@@H](O)C1O)C(O)O)[C@H](C)O. The van der Waals surface area contributed by atoms with Crippen molar-refractivity contribution in [2.75, 3.05) is 52.0 Å². The number of hydrogen-bond donors (Lipinski definition) is 16. The predicted octanol–water partition coefficient (Wildman–Crippen LogP) is -8.21. The van der Waals surface area contributed by atoms with Crippen LogP contribution in [0.5, 0.6) is 0 Å². The fourth-order valence-electron chi connectivity index (χ4n) is 9.30. The lowest BCUT2D eigenvalue weighted by Crippen LogP contribution is -2.63. The number of aliphatic hydroxyl groups excluding tert-OH is 13. The molecule has 6 aliphatic rings. The highest BCUT2D eigenvalue weighted by Gasteiger charge is 2.54. The van der Waals surface area contributed by atoms with Crippen molar-refractivity contribution in [3.63, 3.8) is 0 Å². The van der Waals surface area contributed by atoms with Gasteiger partial charge in [0.2, 0.25) is 18.2 Å². The van der Waals surface area contributed by atoms with Crippen LogP contribution in [-0.2, 0) is 90.2 Å². The minimum Gasteiger partial charge on any atom is -0.479 e. The molecule has 36 heteroatoms. The number of hydrogen-bond acceptors (Lipinski definition) is 34. The van der Waals surface area contributed by atoms with Gasteiger partial charge in [0.15, 0.2) is 49.6 Å². The number of aliphatic hydroxyl groups is 14. The van der Waals surface area contributed by atoms with Gasteiger partial charge in [-0.25, -0.2) is 9.59 Å². The van der Waals surface area contributed by atoms with Gasteiger partial charge in [0.1, 0.15) is 67.6 Å². The molecule has 5 aliphatic heterocycles. The largest absolute Gasteiger partial charge is 0.479 e. The third-order valence-electron chi connectivity index (χ3n) is 14.3. The van der Waals surface area contributed by atoms with Gasteiger partial charge in [-0.05, 0) is 27.7 Å². The first-order valence-electron chi connectivity index (χ1n) is 26.9.